The fourth-order valence-electron chi connectivity index (χ4n) is 3.83. The third-order valence-electron chi connectivity index (χ3n) is 5.43. The lowest BCUT2D eigenvalue weighted by Gasteiger charge is -2.30. The van der Waals surface area contributed by atoms with Crippen LogP contribution in [0.15, 0.2) is 48.5 Å². The molecule has 30 heavy (non-hydrogen) atoms. The van der Waals surface area contributed by atoms with E-state index >= 15 is 0 Å². The zero-order valence-corrected chi connectivity index (χ0v) is 16.5. The van der Waals surface area contributed by atoms with E-state index in [0.29, 0.717) is 22.7 Å². The normalized spacial score (nSPS) is 20.7. The number of rotatable bonds is 3. The topological polar surface area (TPSA) is 114 Å². The first-order valence-electron chi connectivity index (χ1n) is 10.1. The standard InChI is InChI=1S/C22H24N4O4/c23-16-8-4-5-9-17(16)25-21(28)14-10-11-19-18(12-14)24-20(27)13-26(19)22(29)30-15-6-2-1-3-7-15/h1-3,6-7,10-12,16-17H,4-5,8-9,13,23H2,(H,24,27)(H,25,28). The Hall–Kier alpha value is -3.39. The van der Waals surface area contributed by atoms with Crippen molar-refractivity contribution in [3.63, 3.8) is 0 Å². The molecule has 3 amide bonds. The highest BCUT2D eigenvalue weighted by Gasteiger charge is 2.30. The highest BCUT2D eigenvalue weighted by atomic mass is 16.6. The van der Waals surface area contributed by atoms with Crippen LogP contribution in [0.3, 0.4) is 0 Å². The number of hydrogen-bond donors (Lipinski definition) is 3. The monoisotopic (exact) mass is 408 g/mol. The lowest BCUT2D eigenvalue weighted by molar-refractivity contribution is -0.115. The molecule has 2 aliphatic rings. The Morgan fingerprint density at radius 1 is 1.10 bits per heavy atom. The SMILES string of the molecule is NC1CCCCC1NC(=O)c1ccc2c(c1)NC(=O)CN2C(=O)Oc1ccccc1. The van der Waals surface area contributed by atoms with Gasteiger partial charge in [-0.3, -0.25) is 14.5 Å². The fourth-order valence-corrected chi connectivity index (χ4v) is 3.83. The molecule has 0 bridgehead atoms. The van der Waals surface area contributed by atoms with Crippen LogP contribution in [0.5, 0.6) is 5.75 Å². The van der Waals surface area contributed by atoms with Gasteiger partial charge in [0.05, 0.1) is 11.4 Å². The summed E-state index contributed by atoms with van der Waals surface area (Å²) in [5.41, 5.74) is 7.37. The van der Waals surface area contributed by atoms with Gasteiger partial charge in [0, 0.05) is 17.6 Å². The molecular weight excluding hydrogens is 384 g/mol. The van der Waals surface area contributed by atoms with E-state index < -0.39 is 6.09 Å². The summed E-state index contributed by atoms with van der Waals surface area (Å²) in [7, 11) is 0. The largest absolute Gasteiger partial charge is 0.420 e. The first-order valence-corrected chi connectivity index (χ1v) is 10.1. The number of nitrogens with zero attached hydrogens (tertiary/aromatic N) is 1. The van der Waals surface area contributed by atoms with Gasteiger partial charge in [0.15, 0.2) is 0 Å². The van der Waals surface area contributed by atoms with E-state index in [2.05, 4.69) is 10.6 Å². The number of anilines is 2. The fraction of sp³-hybridized carbons (Fsp3) is 0.318. The van der Waals surface area contributed by atoms with Crippen molar-refractivity contribution in [3.05, 3.63) is 54.1 Å². The number of benzene rings is 2. The van der Waals surface area contributed by atoms with Crippen LogP contribution < -0.4 is 26.0 Å². The second kappa shape index (κ2) is 8.54. The molecule has 8 heteroatoms. The molecule has 0 saturated heterocycles. The van der Waals surface area contributed by atoms with Gasteiger partial charge in [-0.2, -0.15) is 0 Å². The van der Waals surface area contributed by atoms with Gasteiger partial charge in [0.1, 0.15) is 12.3 Å². The summed E-state index contributed by atoms with van der Waals surface area (Å²) < 4.78 is 5.36. The number of carbonyl (C=O) groups is 3. The average Bonchev–Trinajstić information content (AvgIpc) is 2.75. The molecule has 4 N–H and O–H groups in total. The summed E-state index contributed by atoms with van der Waals surface area (Å²) in [6.07, 6.45) is 3.20. The first kappa shape index (κ1) is 19.9. The van der Waals surface area contributed by atoms with Gasteiger partial charge in [-0.15, -0.1) is 0 Å². The zero-order valence-electron chi connectivity index (χ0n) is 16.5. The van der Waals surface area contributed by atoms with Crippen molar-refractivity contribution in [2.75, 3.05) is 16.8 Å². The molecule has 0 aromatic heterocycles. The van der Waals surface area contributed by atoms with E-state index in [1.165, 1.54) is 4.90 Å². The maximum atomic E-state index is 12.7. The number of nitrogens with two attached hydrogens (primary N) is 1. The molecule has 1 saturated carbocycles. The van der Waals surface area contributed by atoms with Crippen LogP contribution in [-0.2, 0) is 4.79 Å². The maximum Gasteiger partial charge on any atom is 0.420 e. The molecule has 1 aliphatic heterocycles. The minimum absolute atomic E-state index is 0.0525. The van der Waals surface area contributed by atoms with Crippen LogP contribution in [0.25, 0.3) is 0 Å². The molecule has 1 fully saturated rings. The maximum absolute atomic E-state index is 12.7. The second-order valence-electron chi connectivity index (χ2n) is 7.58. The first-order chi connectivity index (χ1) is 14.5. The lowest BCUT2D eigenvalue weighted by atomic mass is 9.91. The van der Waals surface area contributed by atoms with Gasteiger partial charge in [-0.1, -0.05) is 31.0 Å². The summed E-state index contributed by atoms with van der Waals surface area (Å²) in [4.78, 5) is 38.7. The highest BCUT2D eigenvalue weighted by molar-refractivity contribution is 6.10. The molecule has 1 heterocycles. The van der Waals surface area contributed by atoms with Gasteiger partial charge in [-0.25, -0.2) is 4.79 Å². The van der Waals surface area contributed by atoms with Crippen LogP contribution in [-0.4, -0.2) is 36.5 Å². The van der Waals surface area contributed by atoms with Crippen molar-refractivity contribution in [3.8, 4) is 5.75 Å². The Bertz CT molecular complexity index is 963. The van der Waals surface area contributed by atoms with Crippen LogP contribution in [0.1, 0.15) is 36.0 Å². The number of carbonyl (C=O) groups excluding carboxylic acids is 3. The molecular formula is C22H24N4O4. The van der Waals surface area contributed by atoms with E-state index in [4.69, 9.17) is 10.5 Å². The summed E-state index contributed by atoms with van der Waals surface area (Å²) in [6.45, 7) is -0.166. The number of hydrogen-bond acceptors (Lipinski definition) is 5. The summed E-state index contributed by atoms with van der Waals surface area (Å²) in [5, 5.41) is 5.71. The van der Waals surface area contributed by atoms with Crippen molar-refractivity contribution >= 4 is 29.3 Å². The van der Waals surface area contributed by atoms with Gasteiger partial charge in [-0.05, 0) is 43.2 Å². The van der Waals surface area contributed by atoms with Gasteiger partial charge in [0.25, 0.3) is 5.91 Å². The van der Waals surface area contributed by atoms with Gasteiger partial charge >= 0.3 is 6.09 Å². The second-order valence-corrected chi connectivity index (χ2v) is 7.58. The molecule has 2 atom stereocenters. The predicted molar refractivity (Wildman–Crippen MR) is 113 cm³/mol. The highest BCUT2D eigenvalue weighted by Crippen LogP contribution is 2.31. The van der Waals surface area contributed by atoms with Crippen LogP contribution in [0.2, 0.25) is 0 Å². The summed E-state index contributed by atoms with van der Waals surface area (Å²) in [5.74, 6) is -0.229. The van der Waals surface area contributed by atoms with Crippen molar-refractivity contribution < 1.29 is 19.1 Å². The Labute approximate surface area is 174 Å². The van der Waals surface area contributed by atoms with Crippen LogP contribution in [0, 0.1) is 0 Å². The molecule has 0 spiro atoms. The molecule has 4 rings (SSSR count). The molecule has 0 radical (unpaired) electrons. The van der Waals surface area contributed by atoms with Crippen molar-refractivity contribution in [1.29, 1.82) is 0 Å². The van der Waals surface area contributed by atoms with E-state index in [1.807, 2.05) is 6.07 Å². The number of ether oxygens (including phenoxy) is 1. The number of para-hydroxylation sites is 1. The molecule has 2 unspecified atom stereocenters. The molecule has 8 nitrogen and oxygen atoms in total. The third kappa shape index (κ3) is 4.28. The Balaban J connectivity index is 1.52. The van der Waals surface area contributed by atoms with Crippen molar-refractivity contribution in [2.24, 2.45) is 5.73 Å². The smallest absolute Gasteiger partial charge is 0.410 e. The van der Waals surface area contributed by atoms with Crippen LogP contribution >= 0.6 is 0 Å². The zero-order chi connectivity index (χ0) is 21.1. The Morgan fingerprint density at radius 2 is 1.87 bits per heavy atom. The molecule has 2 aromatic rings. The van der Waals surface area contributed by atoms with E-state index in [-0.39, 0.29) is 30.4 Å². The summed E-state index contributed by atoms with van der Waals surface area (Å²) >= 11 is 0. The average molecular weight is 408 g/mol. The molecule has 2 aromatic carbocycles. The minimum Gasteiger partial charge on any atom is -0.410 e. The van der Waals surface area contributed by atoms with Crippen LogP contribution in [0.4, 0.5) is 16.2 Å². The number of nitrogens with one attached hydrogen (secondary N) is 2. The van der Waals surface area contributed by atoms with E-state index in [1.54, 1.807) is 42.5 Å². The number of fused-ring (bicyclic) bond motifs is 1. The van der Waals surface area contributed by atoms with E-state index in [9.17, 15) is 14.4 Å². The number of amides is 3. The molecule has 1 aliphatic carbocycles. The van der Waals surface area contributed by atoms with Crippen molar-refractivity contribution in [1.82, 2.24) is 5.32 Å². The quantitative estimate of drug-likeness (QED) is 0.722. The Kier molecular flexibility index (Phi) is 5.67. The third-order valence-corrected chi connectivity index (χ3v) is 5.43. The minimum atomic E-state index is -0.664. The van der Waals surface area contributed by atoms with Gasteiger partial charge in [0.2, 0.25) is 5.91 Å². The Morgan fingerprint density at radius 3 is 2.63 bits per heavy atom. The lowest BCUT2D eigenvalue weighted by Crippen LogP contribution is -2.49. The molecule has 156 valence electrons. The van der Waals surface area contributed by atoms with Crippen molar-refractivity contribution in [2.45, 2.75) is 37.8 Å². The predicted octanol–water partition coefficient (Wildman–Crippen LogP) is 2.64. The van der Waals surface area contributed by atoms with E-state index in [0.717, 1.165) is 25.7 Å². The van der Waals surface area contributed by atoms with Gasteiger partial charge < -0.3 is 21.1 Å². The summed E-state index contributed by atoms with van der Waals surface area (Å²) in [6, 6.07) is 13.4.